The van der Waals surface area contributed by atoms with E-state index < -0.39 is 297 Å². The van der Waals surface area contributed by atoms with E-state index in [1.807, 2.05) is 0 Å². The lowest BCUT2D eigenvalue weighted by Crippen LogP contribution is -2.65. The zero-order valence-electron chi connectivity index (χ0n) is 74.1. The second-order valence-corrected chi connectivity index (χ2v) is 35.1. The number of hydrogen-bond donors (Lipinski definition) is 24. The summed E-state index contributed by atoms with van der Waals surface area (Å²) in [6.07, 6.45) is -33.1. The maximum atomic E-state index is 16.5. The second kappa shape index (κ2) is 43.1. The molecule has 2 unspecified atom stereocenters. The van der Waals surface area contributed by atoms with Crippen LogP contribution in [0.15, 0.2) is 133 Å². The number of fused-ring (bicyclic) bond motifs is 15. The quantitative estimate of drug-likeness (QED) is 0.0343. The number of ether oxygens (including phenoxy) is 9. The average molecular weight is 1990 g/mol. The Bertz CT molecular complexity index is 5940. The highest BCUT2D eigenvalue weighted by molar-refractivity contribution is 6.32. The summed E-state index contributed by atoms with van der Waals surface area (Å²) in [4.78, 5) is 144. The third-order valence-electron chi connectivity index (χ3n) is 24.0. The van der Waals surface area contributed by atoms with Gasteiger partial charge in [0.25, 0.3) is 5.91 Å². The number of likely N-dealkylation sites (N-methyl/N-ethyl adjacent to an activating group) is 1. The number of aromatic hydroxyl groups is 3. The number of H-pyrrole nitrogens is 1. The number of nitrogens with zero attached hydrogens (tertiary/aromatic N) is 3. The number of aromatic amines is 1. The molecule has 8 aromatic rings. The second-order valence-electron chi connectivity index (χ2n) is 34.3. The number of aliphatic hydroxyl groups is 9. The number of nitrogens with two attached hydrogens (primary N) is 1. The topological polar surface area (TPSA) is 672 Å². The number of amides is 8. The molecule has 0 radical (unpaired) electrons. The van der Waals surface area contributed by atoms with Gasteiger partial charge >= 0.3 is 12.1 Å². The Morgan fingerprint density at radius 3 is 2.00 bits per heavy atom. The van der Waals surface area contributed by atoms with Crippen LogP contribution >= 0.6 is 23.2 Å². The van der Waals surface area contributed by atoms with E-state index in [0.29, 0.717) is 5.69 Å². The van der Waals surface area contributed by atoms with Gasteiger partial charge in [-0.05, 0) is 140 Å². The number of halogens is 5. The number of phenols is 3. The third kappa shape index (κ3) is 23.5. The smallest absolute Gasteiger partial charge is 0.508 e. The summed E-state index contributed by atoms with van der Waals surface area (Å²) >= 11 is 14.6. The van der Waals surface area contributed by atoms with E-state index in [1.54, 1.807) is 20.8 Å². The molecule has 2 aromatic heterocycles. The van der Waals surface area contributed by atoms with E-state index >= 15 is 24.0 Å². The van der Waals surface area contributed by atoms with Crippen LogP contribution in [-0.4, -0.2) is 271 Å². The third-order valence-corrected chi connectivity index (χ3v) is 24.6. The number of carbonyl (C=O) groups is 8. The molecular weight excluding hydrogens is 1890 g/mol. The number of alkyl halides is 3. The van der Waals surface area contributed by atoms with Gasteiger partial charge in [-0.15, -0.1) is 13.2 Å². The number of imidazole rings is 1. The fraction of sp³-hybridized carbons (Fsp3) is 0.427. The molecule has 0 aliphatic carbocycles. The Balaban J connectivity index is 0.860. The first kappa shape index (κ1) is 102. The Hall–Kier alpha value is -12.5. The van der Waals surface area contributed by atoms with Crippen molar-refractivity contribution in [3.8, 4) is 62.9 Å². The molecular formula is C89H100Cl2F3N15O30. The standard InChI is InChI=1S/C89H100Cl2F3N15O30/c1-35(2)20-49(96-5)79(124)106-65-67(115)39-9-14-53(47(90)22-39)132-55-24-41-25-56(74(55)137-86-72(120)70(118)75(58(33-110)135-86)138-85-71(119)69(117)68(116)57(134-85)32-97-17-19-109-18-16-60(103-87(109)130)102-77(122)37-6-11-44(12-7-37)139-89(92,93)94)133-54-15-10-40(23-48(54)91)73(136-61-29-88(4,76(121)36(3)131-61)100-31-42-30-98-34-99-42)66-84(129)108-78(123)46-26-43(111)27-52(113)62(46)45-21-38(8-13-51(45)112)63(81(126)107-66)105-82(127)64(41)104-80(125)50(28-59(95)114)101-83(65)128/h6-16,18,21-27,30,34-36,49-50,57-58,61,63-73,75-76,78,85-86,96-97,100,110-113,115-121,123H,17,19-20,28-29,31-33H2,1-5H3,(H2,95,114)(H,98,99)(H,101,128)(H,104,125)(H,105,127)(H,106,124)(H,107,126)(H,108,129)(H,102,103,122,130)/t36-,49+,50-,57+,58+,61-,63+,64+,65?,66-,67+,68-,69-,70+,71+,72+,73+,75+,76-,78?,85-,86-,88-/m0/s1. The van der Waals surface area contributed by atoms with Gasteiger partial charge in [0, 0.05) is 84.5 Å². The zero-order valence-corrected chi connectivity index (χ0v) is 75.6. The average Bonchev–Trinajstić information content (AvgIpc) is 1.62. The van der Waals surface area contributed by atoms with Gasteiger partial charge in [0.1, 0.15) is 132 Å². The molecule has 23 atom stereocenters. The molecule has 16 rings (SSSR count). The Morgan fingerprint density at radius 2 is 1.35 bits per heavy atom. The van der Waals surface area contributed by atoms with E-state index in [-0.39, 0.29) is 73.0 Å². The van der Waals surface area contributed by atoms with Gasteiger partial charge < -0.3 is 168 Å². The van der Waals surface area contributed by atoms with Crippen molar-refractivity contribution >= 4 is 76.3 Å². The van der Waals surface area contributed by atoms with Crippen LogP contribution in [0, 0.1) is 5.92 Å². The van der Waals surface area contributed by atoms with E-state index in [4.69, 9.17) is 66.8 Å². The molecule has 11 bridgehead atoms. The molecule has 10 heterocycles. The normalized spacial score (nSPS) is 28.0. The molecule has 3 saturated heterocycles. The van der Waals surface area contributed by atoms with E-state index in [2.05, 4.69) is 72.9 Å². The summed E-state index contributed by atoms with van der Waals surface area (Å²) in [7, 11) is 1.45. The summed E-state index contributed by atoms with van der Waals surface area (Å²) in [6.45, 7) is 5.02. The predicted octanol–water partition coefficient (Wildman–Crippen LogP) is 0.355. The summed E-state index contributed by atoms with van der Waals surface area (Å²) in [6, 6.07) is 6.67. The molecule has 139 heavy (non-hydrogen) atoms. The van der Waals surface area contributed by atoms with Gasteiger partial charge in [0.2, 0.25) is 53.4 Å². The minimum Gasteiger partial charge on any atom is -0.508 e. The van der Waals surface area contributed by atoms with Crippen molar-refractivity contribution in [2.75, 3.05) is 32.1 Å². The number of primary amides is 1. The van der Waals surface area contributed by atoms with Crippen molar-refractivity contribution in [3.63, 3.8) is 0 Å². The molecule has 0 saturated carbocycles. The van der Waals surface area contributed by atoms with Crippen LogP contribution in [0.5, 0.6) is 51.7 Å². The molecule has 45 nitrogen and oxygen atoms in total. The van der Waals surface area contributed by atoms with Crippen LogP contribution in [0.4, 0.5) is 19.0 Å². The summed E-state index contributed by atoms with van der Waals surface area (Å²) < 4.78 is 94.7. The number of rotatable bonds is 25. The summed E-state index contributed by atoms with van der Waals surface area (Å²) in [5, 5.41) is 167. The van der Waals surface area contributed by atoms with Crippen molar-refractivity contribution in [2.45, 2.75) is 207 Å². The lowest BCUT2D eigenvalue weighted by molar-refractivity contribution is -0.350. The summed E-state index contributed by atoms with van der Waals surface area (Å²) in [5.74, 6) is -16.4. The van der Waals surface area contributed by atoms with Crippen LogP contribution in [0.2, 0.25) is 10.0 Å². The van der Waals surface area contributed by atoms with Crippen molar-refractivity contribution in [1.82, 2.24) is 67.4 Å². The molecule has 0 spiro atoms. The number of hydrogen-bond acceptors (Lipinski definition) is 35. The minimum absolute atomic E-state index is 0.0822. The molecule has 50 heteroatoms. The van der Waals surface area contributed by atoms with E-state index in [9.17, 15) is 93.6 Å². The van der Waals surface area contributed by atoms with Gasteiger partial charge in [-0.25, -0.2) is 9.78 Å². The molecule has 8 aliphatic rings. The number of anilines is 1. The lowest BCUT2D eigenvalue weighted by atomic mass is 9.85. The molecule has 6 aromatic carbocycles. The highest BCUT2D eigenvalue weighted by Crippen LogP contribution is 2.51. The van der Waals surface area contributed by atoms with Gasteiger partial charge in [-0.2, -0.15) is 4.98 Å². The molecule has 8 amide bonds. The van der Waals surface area contributed by atoms with Crippen molar-refractivity contribution < 1.29 is 155 Å². The minimum atomic E-state index is -4.99. The number of aliphatic hydroxyl groups excluding tert-OH is 9. The molecule has 8 aliphatic heterocycles. The zero-order chi connectivity index (χ0) is 100. The van der Waals surface area contributed by atoms with Crippen LogP contribution < -0.4 is 83.5 Å². The van der Waals surface area contributed by atoms with Crippen LogP contribution in [0.1, 0.15) is 121 Å². The number of phenolic OH excluding ortho intramolecular Hbond substituents is 3. The Kier molecular flexibility index (Phi) is 31.7. The van der Waals surface area contributed by atoms with E-state index in [1.165, 1.54) is 63.0 Å². The van der Waals surface area contributed by atoms with Crippen LogP contribution in [0.3, 0.4) is 0 Å². The maximum Gasteiger partial charge on any atom is 0.573 e. The van der Waals surface area contributed by atoms with Gasteiger partial charge in [0.15, 0.2) is 30.3 Å². The molecule has 25 N–H and O–H groups in total. The summed E-state index contributed by atoms with van der Waals surface area (Å²) in [5.41, 5.74) is 1.40. The molecule has 746 valence electrons. The monoisotopic (exact) mass is 1990 g/mol. The highest BCUT2D eigenvalue weighted by atomic mass is 35.5. The molecule has 3 fully saturated rings. The number of aromatic nitrogens is 4. The van der Waals surface area contributed by atoms with Gasteiger partial charge in [0.05, 0.1) is 47.7 Å². The first-order valence-electron chi connectivity index (χ1n) is 43.4. The number of nitrogens with one attached hydrogen (secondary N) is 11. The van der Waals surface area contributed by atoms with Gasteiger partial charge in [-0.3, -0.25) is 42.9 Å². The van der Waals surface area contributed by atoms with Crippen molar-refractivity contribution in [1.29, 1.82) is 0 Å². The first-order chi connectivity index (χ1) is 65.9. The van der Waals surface area contributed by atoms with Crippen LogP contribution in [0.25, 0.3) is 11.1 Å². The Labute approximate surface area is 796 Å². The van der Waals surface area contributed by atoms with Crippen LogP contribution in [-0.2, 0) is 70.3 Å². The number of carbonyl (C=O) groups excluding carboxylic acids is 8. The van der Waals surface area contributed by atoms with Crippen molar-refractivity contribution in [2.24, 2.45) is 11.7 Å². The number of benzene rings is 6. The highest BCUT2D eigenvalue weighted by Gasteiger charge is 2.54. The maximum absolute atomic E-state index is 16.5. The van der Waals surface area contributed by atoms with E-state index in [0.717, 1.165) is 83.4 Å². The fourth-order valence-corrected chi connectivity index (χ4v) is 17.2. The van der Waals surface area contributed by atoms with Crippen molar-refractivity contribution in [3.05, 3.63) is 188 Å². The first-order valence-corrected chi connectivity index (χ1v) is 44.2. The largest absolute Gasteiger partial charge is 0.573 e. The lowest BCUT2D eigenvalue weighted by Gasteiger charge is -2.46. The SMILES string of the molecule is CN[C@H](CC(C)C)C(=O)NC1C(=O)N[C@@H](CC(N)=O)C(=O)N[C@H]2C(=O)N[C@H]3C(=O)N[C@H](C(=O)NC(O)c4cc(O)cc(O)c4-c4cc3ccc4O)[C@H](O[C@H]3C[C@](C)(NCc4cnc[nH]4)[C@@H](O)[C@H](C)O3)c3ccc(c(Cl)c3)Oc3cc2cc(c3O[C@@H]2O[C@H](CO)[C@@H](O[C@@H]3O[C@H](CNCCn4ccc(NC(=O)c5ccc(OC(F)(F)F)cc5)nc4=O)[C@H](O)[C@H](O)[C@H]3O)[C@H](O)[C@H]2O)Oc2ccc(cc2Cl)[C@H]1O. The Morgan fingerprint density at radius 1 is 0.698 bits per heavy atom. The predicted molar refractivity (Wildman–Crippen MR) is 473 cm³/mol. The van der Waals surface area contributed by atoms with Gasteiger partial charge in [-0.1, -0.05) is 55.2 Å². The fourth-order valence-electron chi connectivity index (χ4n) is 16.7.